The quantitative estimate of drug-likeness (QED) is 0.618. The molecule has 2 aromatic rings. The highest BCUT2D eigenvalue weighted by Crippen LogP contribution is 2.31. The van der Waals surface area contributed by atoms with Gasteiger partial charge in [-0.3, -0.25) is 4.79 Å². The summed E-state index contributed by atoms with van der Waals surface area (Å²) in [5.74, 6) is 1.03. The summed E-state index contributed by atoms with van der Waals surface area (Å²) in [6.45, 7) is 7.09. The minimum absolute atomic E-state index is 0.0556. The van der Waals surface area contributed by atoms with Crippen LogP contribution >= 0.6 is 27.5 Å². The number of amides is 1. The van der Waals surface area contributed by atoms with E-state index in [2.05, 4.69) is 42.0 Å². The first-order valence-corrected chi connectivity index (χ1v) is 9.51. The Morgan fingerprint density at radius 2 is 1.85 bits per heavy atom. The molecule has 0 aliphatic heterocycles. The molecule has 0 bridgehead atoms. The van der Waals surface area contributed by atoms with Crippen LogP contribution in [0.2, 0.25) is 5.02 Å². The van der Waals surface area contributed by atoms with Gasteiger partial charge in [0.2, 0.25) is 0 Å². The molecule has 0 spiro atoms. The van der Waals surface area contributed by atoms with E-state index in [0.717, 1.165) is 4.47 Å². The third-order valence-electron chi connectivity index (χ3n) is 3.68. The second-order valence-electron chi connectivity index (χ2n) is 6.81. The van der Waals surface area contributed by atoms with Crippen molar-refractivity contribution in [2.75, 3.05) is 19.8 Å². The maximum Gasteiger partial charge on any atom is 0.258 e. The molecule has 0 saturated heterocycles. The zero-order valence-corrected chi connectivity index (χ0v) is 17.5. The van der Waals surface area contributed by atoms with E-state index >= 15 is 0 Å². The lowest BCUT2D eigenvalue weighted by Crippen LogP contribution is -2.32. The van der Waals surface area contributed by atoms with Crippen LogP contribution < -0.4 is 14.8 Å². The number of nitrogens with one attached hydrogen (secondary N) is 1. The number of carbonyl (C=O) groups is 1. The number of ether oxygens (including phenoxy) is 2. The first-order valence-electron chi connectivity index (χ1n) is 8.34. The van der Waals surface area contributed by atoms with E-state index in [0.29, 0.717) is 29.7 Å². The van der Waals surface area contributed by atoms with Gasteiger partial charge in [-0.1, -0.05) is 50.6 Å². The molecule has 0 unspecified atom stereocenters. The summed E-state index contributed by atoms with van der Waals surface area (Å²) in [6.07, 6.45) is 0. The molecule has 0 aliphatic rings. The van der Waals surface area contributed by atoms with Crippen LogP contribution in [-0.2, 0) is 10.2 Å². The van der Waals surface area contributed by atoms with E-state index < -0.39 is 0 Å². The number of rotatable bonds is 7. The number of para-hydroxylation sites is 1. The van der Waals surface area contributed by atoms with Crippen LogP contribution in [0, 0.1) is 0 Å². The molecule has 0 heterocycles. The van der Waals surface area contributed by atoms with Gasteiger partial charge in [0.1, 0.15) is 18.1 Å². The van der Waals surface area contributed by atoms with E-state index in [4.69, 9.17) is 21.1 Å². The first-order chi connectivity index (χ1) is 12.3. The lowest BCUT2D eigenvalue weighted by Gasteiger charge is -2.20. The average molecular weight is 441 g/mol. The Morgan fingerprint density at radius 1 is 1.12 bits per heavy atom. The number of hydrogen-bond donors (Lipinski definition) is 1. The molecule has 26 heavy (non-hydrogen) atoms. The van der Waals surface area contributed by atoms with Crippen molar-refractivity contribution in [3.63, 3.8) is 0 Å². The van der Waals surface area contributed by atoms with E-state index in [-0.39, 0.29) is 17.9 Å². The minimum atomic E-state index is -0.209. The highest BCUT2D eigenvalue weighted by molar-refractivity contribution is 9.10. The number of halogens is 2. The molecule has 0 radical (unpaired) electrons. The summed E-state index contributed by atoms with van der Waals surface area (Å²) in [5.41, 5.74) is 1.25. The van der Waals surface area contributed by atoms with Crippen LogP contribution in [0.1, 0.15) is 26.3 Å². The highest BCUT2D eigenvalue weighted by Gasteiger charge is 2.15. The van der Waals surface area contributed by atoms with Gasteiger partial charge in [-0.15, -0.1) is 0 Å². The molecule has 2 rings (SSSR count). The minimum Gasteiger partial charge on any atom is -0.490 e. The lowest BCUT2D eigenvalue weighted by molar-refractivity contribution is -0.123. The van der Waals surface area contributed by atoms with Crippen LogP contribution in [0.3, 0.4) is 0 Å². The van der Waals surface area contributed by atoms with Gasteiger partial charge in [-0.25, -0.2) is 0 Å². The fraction of sp³-hybridized carbons (Fsp3) is 0.350. The van der Waals surface area contributed by atoms with Crippen molar-refractivity contribution < 1.29 is 14.3 Å². The fourth-order valence-electron chi connectivity index (χ4n) is 2.19. The van der Waals surface area contributed by atoms with Gasteiger partial charge in [-0.05, 0) is 51.2 Å². The number of carbonyl (C=O) groups excluding carboxylic acids is 1. The molecule has 6 heteroatoms. The van der Waals surface area contributed by atoms with E-state index in [1.807, 2.05) is 30.3 Å². The maximum atomic E-state index is 11.9. The molecular weight excluding hydrogens is 418 g/mol. The monoisotopic (exact) mass is 439 g/mol. The van der Waals surface area contributed by atoms with Crippen LogP contribution in [0.4, 0.5) is 0 Å². The van der Waals surface area contributed by atoms with Crippen LogP contribution in [0.5, 0.6) is 11.5 Å². The van der Waals surface area contributed by atoms with E-state index in [1.165, 1.54) is 5.56 Å². The number of hydrogen-bond acceptors (Lipinski definition) is 3. The molecule has 140 valence electrons. The summed E-state index contributed by atoms with van der Waals surface area (Å²) in [5, 5.41) is 3.30. The van der Waals surface area contributed by atoms with Crippen molar-refractivity contribution in [3.05, 3.63) is 57.5 Å². The van der Waals surface area contributed by atoms with Crippen molar-refractivity contribution >= 4 is 33.4 Å². The summed E-state index contributed by atoms with van der Waals surface area (Å²) >= 11 is 9.50. The van der Waals surface area contributed by atoms with Crippen molar-refractivity contribution in [2.45, 2.75) is 26.2 Å². The van der Waals surface area contributed by atoms with Gasteiger partial charge < -0.3 is 14.8 Å². The second-order valence-corrected chi connectivity index (χ2v) is 8.07. The first kappa shape index (κ1) is 20.6. The Hall–Kier alpha value is -1.72. The summed E-state index contributed by atoms with van der Waals surface area (Å²) in [7, 11) is 0. The zero-order valence-electron chi connectivity index (χ0n) is 15.1. The predicted octanol–water partition coefficient (Wildman–Crippen LogP) is 4.97. The van der Waals surface area contributed by atoms with Gasteiger partial charge in [0.25, 0.3) is 5.91 Å². The molecule has 2 aromatic carbocycles. The predicted molar refractivity (Wildman–Crippen MR) is 108 cm³/mol. The Bertz CT molecular complexity index is 759. The number of benzene rings is 2. The van der Waals surface area contributed by atoms with Crippen LogP contribution in [0.25, 0.3) is 0 Å². The molecule has 4 nitrogen and oxygen atoms in total. The lowest BCUT2D eigenvalue weighted by atomic mass is 9.87. The fourth-order valence-corrected chi connectivity index (χ4v) is 2.88. The summed E-state index contributed by atoms with van der Waals surface area (Å²) < 4.78 is 11.9. The standard InChI is InChI=1S/C20H23BrClNO3/c1-20(2,3)14-8-9-17(15(21)12-14)26-13-19(24)23-10-11-25-18-7-5-4-6-16(18)22/h4-9,12H,10-11,13H2,1-3H3,(H,23,24). The molecule has 0 fully saturated rings. The molecule has 1 N–H and O–H groups in total. The Labute approximate surface area is 168 Å². The highest BCUT2D eigenvalue weighted by atomic mass is 79.9. The van der Waals surface area contributed by atoms with Crippen molar-refractivity contribution in [1.82, 2.24) is 5.32 Å². The average Bonchev–Trinajstić information content (AvgIpc) is 2.58. The van der Waals surface area contributed by atoms with E-state index in [9.17, 15) is 4.79 Å². The van der Waals surface area contributed by atoms with Crippen molar-refractivity contribution in [1.29, 1.82) is 0 Å². The van der Waals surface area contributed by atoms with E-state index in [1.54, 1.807) is 12.1 Å². The summed E-state index contributed by atoms with van der Waals surface area (Å²) in [6, 6.07) is 13.1. The van der Waals surface area contributed by atoms with Crippen LogP contribution in [0.15, 0.2) is 46.9 Å². The van der Waals surface area contributed by atoms with Gasteiger partial charge >= 0.3 is 0 Å². The maximum absolute atomic E-state index is 11.9. The third-order valence-corrected chi connectivity index (χ3v) is 4.61. The van der Waals surface area contributed by atoms with Crippen molar-refractivity contribution in [2.24, 2.45) is 0 Å². The van der Waals surface area contributed by atoms with Crippen LogP contribution in [-0.4, -0.2) is 25.7 Å². The molecule has 0 atom stereocenters. The van der Waals surface area contributed by atoms with Gasteiger partial charge in [0.15, 0.2) is 6.61 Å². The van der Waals surface area contributed by atoms with Gasteiger partial charge in [-0.2, -0.15) is 0 Å². The zero-order chi connectivity index (χ0) is 19.2. The normalized spacial score (nSPS) is 11.1. The van der Waals surface area contributed by atoms with Crippen molar-refractivity contribution in [3.8, 4) is 11.5 Å². The molecule has 1 amide bonds. The topological polar surface area (TPSA) is 47.6 Å². The largest absolute Gasteiger partial charge is 0.490 e. The second kappa shape index (κ2) is 9.28. The SMILES string of the molecule is CC(C)(C)c1ccc(OCC(=O)NCCOc2ccccc2Cl)c(Br)c1. The molecule has 0 aliphatic carbocycles. The molecule has 0 saturated carbocycles. The third kappa shape index (κ3) is 6.22. The Morgan fingerprint density at radius 3 is 2.50 bits per heavy atom. The molecule has 0 aromatic heterocycles. The molecular formula is C20H23BrClNO3. The Balaban J connectivity index is 1.74. The van der Waals surface area contributed by atoms with Gasteiger partial charge in [0, 0.05) is 0 Å². The summed E-state index contributed by atoms with van der Waals surface area (Å²) in [4.78, 5) is 11.9. The van der Waals surface area contributed by atoms with Gasteiger partial charge in [0.05, 0.1) is 16.0 Å². The Kier molecular flexibility index (Phi) is 7.35. The smallest absolute Gasteiger partial charge is 0.258 e.